The van der Waals surface area contributed by atoms with E-state index in [1.54, 1.807) is 31.4 Å². The Morgan fingerprint density at radius 2 is 1.79 bits per heavy atom. The summed E-state index contributed by atoms with van der Waals surface area (Å²) in [5.41, 5.74) is 3.54. The molecule has 0 aliphatic carbocycles. The lowest BCUT2D eigenvalue weighted by Gasteiger charge is -2.26. The number of aryl methyl sites for hydroxylation is 1. The number of imide groups is 2. The van der Waals surface area contributed by atoms with Crippen LogP contribution in [0.2, 0.25) is 5.02 Å². The Bertz CT molecular complexity index is 1350. The van der Waals surface area contributed by atoms with E-state index >= 15 is 0 Å². The van der Waals surface area contributed by atoms with Crippen LogP contribution in [0.4, 0.5) is 10.5 Å². The number of barbiturate groups is 1. The lowest BCUT2D eigenvalue weighted by molar-refractivity contribution is -0.122. The number of methoxy groups -OCH3 is 1. The van der Waals surface area contributed by atoms with Crippen LogP contribution < -0.4 is 15.0 Å². The second kappa shape index (κ2) is 9.83. The average molecular weight is 540 g/mol. The lowest BCUT2D eigenvalue weighted by atomic mass is 10.0. The molecule has 0 saturated carbocycles. The zero-order chi connectivity index (χ0) is 24.4. The first kappa shape index (κ1) is 23.7. The van der Waals surface area contributed by atoms with Gasteiger partial charge < -0.3 is 4.74 Å². The van der Waals surface area contributed by atoms with Crippen molar-refractivity contribution in [2.24, 2.45) is 0 Å². The molecule has 1 N–H and O–H groups in total. The van der Waals surface area contributed by atoms with E-state index in [4.69, 9.17) is 16.3 Å². The SMILES string of the molecule is COc1cc(/C=C2\C(=O)NC(=O)N(c3ccc(C)c(Cl)c3)C2=O)ccc1Cc1ccccc1Br. The van der Waals surface area contributed by atoms with Gasteiger partial charge in [-0.2, -0.15) is 0 Å². The Morgan fingerprint density at radius 3 is 2.50 bits per heavy atom. The molecular weight excluding hydrogens is 520 g/mol. The van der Waals surface area contributed by atoms with Gasteiger partial charge in [-0.25, -0.2) is 9.69 Å². The zero-order valence-electron chi connectivity index (χ0n) is 18.4. The fourth-order valence-corrected chi connectivity index (χ4v) is 4.22. The zero-order valence-corrected chi connectivity index (χ0v) is 20.7. The number of ether oxygens (including phenoxy) is 1. The molecule has 0 atom stereocenters. The van der Waals surface area contributed by atoms with Crippen molar-refractivity contribution in [1.29, 1.82) is 0 Å². The van der Waals surface area contributed by atoms with Crippen LogP contribution in [-0.4, -0.2) is 25.0 Å². The van der Waals surface area contributed by atoms with Gasteiger partial charge in [0.1, 0.15) is 11.3 Å². The number of benzene rings is 3. The van der Waals surface area contributed by atoms with Gasteiger partial charge in [-0.1, -0.05) is 63.9 Å². The molecule has 1 aliphatic rings. The van der Waals surface area contributed by atoms with E-state index in [9.17, 15) is 14.4 Å². The third-order valence-corrected chi connectivity index (χ3v) is 6.66. The molecule has 0 aromatic heterocycles. The minimum atomic E-state index is -0.826. The van der Waals surface area contributed by atoms with Gasteiger partial charge in [0.05, 0.1) is 12.8 Å². The summed E-state index contributed by atoms with van der Waals surface area (Å²) in [6, 6.07) is 17.3. The number of anilines is 1. The number of carbonyl (C=O) groups is 3. The Balaban J connectivity index is 1.67. The van der Waals surface area contributed by atoms with Crippen molar-refractivity contribution in [2.75, 3.05) is 12.0 Å². The summed E-state index contributed by atoms with van der Waals surface area (Å²) in [6.45, 7) is 1.81. The molecule has 34 heavy (non-hydrogen) atoms. The van der Waals surface area contributed by atoms with Gasteiger partial charge in [0, 0.05) is 15.9 Å². The molecule has 0 radical (unpaired) electrons. The molecule has 0 bridgehead atoms. The number of amides is 4. The van der Waals surface area contributed by atoms with Crippen molar-refractivity contribution in [3.05, 3.63) is 98.0 Å². The number of hydrogen-bond donors (Lipinski definition) is 1. The molecule has 6 nitrogen and oxygen atoms in total. The number of halogens is 2. The van der Waals surface area contributed by atoms with E-state index in [1.807, 2.05) is 37.3 Å². The number of hydrogen-bond acceptors (Lipinski definition) is 4. The number of carbonyl (C=O) groups excluding carboxylic acids is 3. The fourth-order valence-electron chi connectivity index (χ4n) is 3.62. The molecular formula is C26H20BrClN2O4. The number of rotatable bonds is 5. The van der Waals surface area contributed by atoms with Crippen LogP contribution in [-0.2, 0) is 16.0 Å². The molecule has 0 spiro atoms. The Hall–Kier alpha value is -3.42. The summed E-state index contributed by atoms with van der Waals surface area (Å²) in [6.07, 6.45) is 2.08. The maximum absolute atomic E-state index is 13.1. The summed E-state index contributed by atoms with van der Waals surface area (Å²) in [7, 11) is 1.57. The summed E-state index contributed by atoms with van der Waals surface area (Å²) in [4.78, 5) is 39.0. The van der Waals surface area contributed by atoms with Crippen molar-refractivity contribution in [3.63, 3.8) is 0 Å². The van der Waals surface area contributed by atoms with E-state index in [0.29, 0.717) is 22.8 Å². The maximum atomic E-state index is 13.1. The van der Waals surface area contributed by atoms with Gasteiger partial charge in [-0.15, -0.1) is 0 Å². The van der Waals surface area contributed by atoms with Crippen LogP contribution in [0, 0.1) is 6.92 Å². The predicted octanol–water partition coefficient (Wildman–Crippen LogP) is 5.68. The maximum Gasteiger partial charge on any atom is 0.335 e. The molecule has 1 saturated heterocycles. The Morgan fingerprint density at radius 1 is 1.03 bits per heavy atom. The summed E-state index contributed by atoms with van der Waals surface area (Å²) >= 11 is 9.73. The summed E-state index contributed by atoms with van der Waals surface area (Å²) < 4.78 is 6.56. The Kier molecular flexibility index (Phi) is 6.86. The van der Waals surface area contributed by atoms with Crippen LogP contribution in [0.25, 0.3) is 6.08 Å². The molecule has 1 fully saturated rings. The minimum absolute atomic E-state index is 0.170. The quantitative estimate of drug-likeness (QED) is 0.335. The molecule has 4 rings (SSSR count). The van der Waals surface area contributed by atoms with E-state index in [2.05, 4.69) is 21.2 Å². The van der Waals surface area contributed by atoms with Crippen LogP contribution >= 0.6 is 27.5 Å². The lowest BCUT2D eigenvalue weighted by Crippen LogP contribution is -2.54. The molecule has 172 valence electrons. The average Bonchev–Trinajstić information content (AvgIpc) is 2.81. The monoisotopic (exact) mass is 538 g/mol. The van der Waals surface area contributed by atoms with Crippen molar-refractivity contribution in [2.45, 2.75) is 13.3 Å². The van der Waals surface area contributed by atoms with Crippen molar-refractivity contribution in [1.82, 2.24) is 5.32 Å². The predicted molar refractivity (Wildman–Crippen MR) is 135 cm³/mol. The smallest absolute Gasteiger partial charge is 0.335 e. The summed E-state index contributed by atoms with van der Waals surface area (Å²) in [5.74, 6) is -0.877. The normalized spacial score (nSPS) is 15.0. The highest BCUT2D eigenvalue weighted by molar-refractivity contribution is 9.10. The number of nitrogens with one attached hydrogen (secondary N) is 1. The van der Waals surface area contributed by atoms with Crippen molar-refractivity contribution < 1.29 is 19.1 Å². The highest BCUT2D eigenvalue weighted by Crippen LogP contribution is 2.29. The fraction of sp³-hybridized carbons (Fsp3) is 0.115. The minimum Gasteiger partial charge on any atom is -0.496 e. The first-order valence-electron chi connectivity index (χ1n) is 10.4. The molecule has 3 aromatic rings. The molecule has 8 heteroatoms. The standard InChI is InChI=1S/C26H20BrClN2O4/c1-15-7-10-19(14-22(15)28)30-25(32)20(24(31)29-26(30)33)11-16-8-9-18(23(12-16)34-2)13-17-5-3-4-6-21(17)27/h3-12,14H,13H2,1-2H3,(H,29,31,33)/b20-11+. The second-order valence-corrected chi connectivity index (χ2v) is 8.99. The molecule has 4 amide bonds. The largest absolute Gasteiger partial charge is 0.496 e. The third kappa shape index (κ3) is 4.76. The van der Waals surface area contributed by atoms with Gasteiger partial charge in [0.2, 0.25) is 0 Å². The highest BCUT2D eigenvalue weighted by atomic mass is 79.9. The van der Waals surface area contributed by atoms with Crippen LogP contribution in [0.5, 0.6) is 5.75 Å². The molecule has 0 unspecified atom stereocenters. The molecule has 1 aliphatic heterocycles. The van der Waals surface area contributed by atoms with E-state index in [0.717, 1.165) is 26.1 Å². The summed E-state index contributed by atoms with van der Waals surface area (Å²) in [5, 5.41) is 2.63. The second-order valence-electron chi connectivity index (χ2n) is 7.73. The van der Waals surface area contributed by atoms with Gasteiger partial charge in [-0.05, 0) is 59.5 Å². The Labute approximate surface area is 210 Å². The van der Waals surface area contributed by atoms with Crippen molar-refractivity contribution in [3.8, 4) is 5.75 Å². The van der Waals surface area contributed by atoms with Crippen LogP contribution in [0.15, 0.2) is 70.7 Å². The van der Waals surface area contributed by atoms with Gasteiger partial charge >= 0.3 is 6.03 Å². The van der Waals surface area contributed by atoms with E-state index in [-0.39, 0.29) is 11.3 Å². The van der Waals surface area contributed by atoms with E-state index in [1.165, 1.54) is 12.1 Å². The van der Waals surface area contributed by atoms with Crippen molar-refractivity contribution >= 4 is 57.1 Å². The van der Waals surface area contributed by atoms with Crippen LogP contribution in [0.1, 0.15) is 22.3 Å². The van der Waals surface area contributed by atoms with Crippen LogP contribution in [0.3, 0.4) is 0 Å². The van der Waals surface area contributed by atoms with Gasteiger partial charge in [-0.3, -0.25) is 14.9 Å². The van der Waals surface area contributed by atoms with E-state index < -0.39 is 17.8 Å². The van der Waals surface area contributed by atoms with Gasteiger partial charge in [0.15, 0.2) is 0 Å². The topological polar surface area (TPSA) is 75.7 Å². The number of urea groups is 1. The third-order valence-electron chi connectivity index (χ3n) is 5.48. The molecule has 3 aromatic carbocycles. The van der Waals surface area contributed by atoms with Gasteiger partial charge in [0.25, 0.3) is 11.8 Å². The molecule has 1 heterocycles. The number of nitrogens with zero attached hydrogens (tertiary/aromatic N) is 1. The first-order chi connectivity index (χ1) is 16.3. The first-order valence-corrected chi connectivity index (χ1v) is 11.5. The highest BCUT2D eigenvalue weighted by Gasteiger charge is 2.37.